The largest absolute Gasteiger partial charge is 0.445 e. The number of pyridine rings is 1. The van der Waals surface area contributed by atoms with Gasteiger partial charge in [-0.3, -0.25) is 9.78 Å². The summed E-state index contributed by atoms with van der Waals surface area (Å²) in [7, 11) is 0. The number of oxazole rings is 1. The monoisotopic (exact) mass is 400 g/mol. The average molecular weight is 400 g/mol. The van der Waals surface area contributed by atoms with Crippen LogP contribution in [0.15, 0.2) is 65.9 Å². The standard InChI is InChI=1S/C22H20N6O2/c29-22(17-5-1-2-6-19(17)28-15-24-14-25-28)27-11-9-20-18(13-27)26-21(30-20)8-7-16-4-3-10-23-12-16/h1-6,10,12,14-15H,7-9,11,13H2. The predicted octanol–water partition coefficient (Wildman–Crippen LogP) is 2.63. The maximum absolute atomic E-state index is 13.2. The second-order valence-electron chi connectivity index (χ2n) is 7.17. The Bertz CT molecular complexity index is 1150. The third-order valence-electron chi connectivity index (χ3n) is 5.21. The molecule has 4 aromatic rings. The summed E-state index contributed by atoms with van der Waals surface area (Å²) in [5, 5.41) is 4.16. The molecule has 1 aliphatic rings. The predicted molar refractivity (Wildman–Crippen MR) is 108 cm³/mol. The number of carbonyl (C=O) groups excluding carboxylic acids is 1. The minimum absolute atomic E-state index is 0.0494. The molecule has 30 heavy (non-hydrogen) atoms. The third-order valence-corrected chi connectivity index (χ3v) is 5.21. The zero-order valence-electron chi connectivity index (χ0n) is 16.3. The molecular formula is C22H20N6O2. The van der Waals surface area contributed by atoms with E-state index in [2.05, 4.69) is 20.1 Å². The molecule has 8 heteroatoms. The van der Waals surface area contributed by atoms with Gasteiger partial charge in [0.05, 0.1) is 17.8 Å². The number of aromatic nitrogens is 5. The number of benzene rings is 1. The van der Waals surface area contributed by atoms with Crippen molar-refractivity contribution in [1.82, 2.24) is 29.6 Å². The fourth-order valence-electron chi connectivity index (χ4n) is 3.69. The zero-order chi connectivity index (χ0) is 20.3. The lowest BCUT2D eigenvalue weighted by Gasteiger charge is -2.26. The van der Waals surface area contributed by atoms with Crippen LogP contribution in [0.2, 0.25) is 0 Å². The first-order valence-electron chi connectivity index (χ1n) is 9.87. The van der Waals surface area contributed by atoms with Crippen molar-refractivity contribution < 1.29 is 9.21 Å². The normalized spacial score (nSPS) is 13.3. The first kappa shape index (κ1) is 18.2. The summed E-state index contributed by atoms with van der Waals surface area (Å²) < 4.78 is 7.56. The Morgan fingerprint density at radius 1 is 1.10 bits per heavy atom. The number of nitrogens with zero attached hydrogens (tertiary/aromatic N) is 6. The van der Waals surface area contributed by atoms with Crippen LogP contribution in [0.4, 0.5) is 0 Å². The number of hydrogen-bond donors (Lipinski definition) is 0. The van der Waals surface area contributed by atoms with Gasteiger partial charge in [0.2, 0.25) is 0 Å². The van der Waals surface area contributed by atoms with Crippen molar-refractivity contribution in [1.29, 1.82) is 0 Å². The summed E-state index contributed by atoms with van der Waals surface area (Å²) in [6, 6.07) is 11.4. The van der Waals surface area contributed by atoms with E-state index in [1.165, 1.54) is 6.33 Å². The Labute approximate surface area is 173 Å². The van der Waals surface area contributed by atoms with E-state index in [1.54, 1.807) is 17.2 Å². The highest BCUT2D eigenvalue weighted by Crippen LogP contribution is 2.24. The number of amides is 1. The molecule has 0 spiro atoms. The van der Waals surface area contributed by atoms with Gasteiger partial charge in [-0.1, -0.05) is 18.2 Å². The van der Waals surface area contributed by atoms with Crippen LogP contribution in [0.5, 0.6) is 0 Å². The van der Waals surface area contributed by atoms with Crippen molar-refractivity contribution in [2.24, 2.45) is 0 Å². The van der Waals surface area contributed by atoms with Crippen LogP contribution in [-0.4, -0.2) is 42.1 Å². The molecule has 1 aliphatic heterocycles. The molecule has 0 unspecified atom stereocenters. The number of rotatable bonds is 5. The van der Waals surface area contributed by atoms with Gasteiger partial charge >= 0.3 is 0 Å². The molecule has 0 radical (unpaired) electrons. The fourth-order valence-corrected chi connectivity index (χ4v) is 3.69. The highest BCUT2D eigenvalue weighted by Gasteiger charge is 2.27. The van der Waals surface area contributed by atoms with Gasteiger partial charge in [-0.25, -0.2) is 14.6 Å². The summed E-state index contributed by atoms with van der Waals surface area (Å²) in [6.45, 7) is 1.03. The van der Waals surface area contributed by atoms with Crippen molar-refractivity contribution in [2.75, 3.05) is 6.54 Å². The highest BCUT2D eigenvalue weighted by molar-refractivity contribution is 5.97. The van der Waals surface area contributed by atoms with E-state index in [0.29, 0.717) is 43.1 Å². The number of carbonyl (C=O) groups is 1. The number of fused-ring (bicyclic) bond motifs is 1. The summed E-state index contributed by atoms with van der Waals surface area (Å²) in [4.78, 5) is 27.8. The van der Waals surface area contributed by atoms with Crippen LogP contribution in [0.1, 0.15) is 33.3 Å². The zero-order valence-corrected chi connectivity index (χ0v) is 16.3. The maximum Gasteiger partial charge on any atom is 0.256 e. The van der Waals surface area contributed by atoms with Gasteiger partial charge in [-0.2, -0.15) is 5.10 Å². The van der Waals surface area contributed by atoms with Crippen molar-refractivity contribution in [3.63, 3.8) is 0 Å². The quantitative estimate of drug-likeness (QED) is 0.512. The van der Waals surface area contributed by atoms with E-state index < -0.39 is 0 Å². The Morgan fingerprint density at radius 2 is 2.03 bits per heavy atom. The van der Waals surface area contributed by atoms with Crippen molar-refractivity contribution >= 4 is 5.91 Å². The van der Waals surface area contributed by atoms with Gasteiger partial charge in [-0.05, 0) is 30.2 Å². The van der Waals surface area contributed by atoms with Gasteiger partial charge < -0.3 is 9.32 Å². The molecule has 0 N–H and O–H groups in total. The number of hydrogen-bond acceptors (Lipinski definition) is 6. The minimum atomic E-state index is -0.0494. The average Bonchev–Trinajstić information content (AvgIpc) is 3.47. The lowest BCUT2D eigenvalue weighted by atomic mass is 10.1. The second-order valence-corrected chi connectivity index (χ2v) is 7.17. The Hall–Kier alpha value is -3.81. The van der Waals surface area contributed by atoms with Gasteiger partial charge in [0, 0.05) is 31.8 Å². The SMILES string of the molecule is O=C(c1ccccc1-n1cncn1)N1CCc2oc(CCc3cccnc3)nc2C1. The molecule has 8 nitrogen and oxygen atoms in total. The van der Waals surface area contributed by atoms with Gasteiger partial charge in [0.25, 0.3) is 5.91 Å². The van der Waals surface area contributed by atoms with E-state index in [0.717, 1.165) is 23.4 Å². The van der Waals surface area contributed by atoms with Gasteiger partial charge in [0.1, 0.15) is 24.1 Å². The van der Waals surface area contributed by atoms with Crippen molar-refractivity contribution in [3.05, 3.63) is 89.9 Å². The van der Waals surface area contributed by atoms with Crippen LogP contribution >= 0.6 is 0 Å². The van der Waals surface area contributed by atoms with Gasteiger partial charge in [-0.15, -0.1) is 0 Å². The smallest absolute Gasteiger partial charge is 0.256 e. The molecule has 5 rings (SSSR count). The summed E-state index contributed by atoms with van der Waals surface area (Å²) >= 11 is 0. The van der Waals surface area contributed by atoms with E-state index in [1.807, 2.05) is 47.5 Å². The number of para-hydroxylation sites is 1. The number of aryl methyl sites for hydroxylation is 2. The molecular weight excluding hydrogens is 380 g/mol. The van der Waals surface area contributed by atoms with Crippen LogP contribution in [0, 0.1) is 0 Å². The lowest BCUT2D eigenvalue weighted by Crippen LogP contribution is -2.36. The molecule has 0 fully saturated rings. The van der Waals surface area contributed by atoms with Crippen LogP contribution in [0.3, 0.4) is 0 Å². The van der Waals surface area contributed by atoms with E-state index in [4.69, 9.17) is 4.42 Å². The molecule has 1 aromatic carbocycles. The third kappa shape index (κ3) is 3.59. The maximum atomic E-state index is 13.2. The second kappa shape index (κ2) is 7.90. The Balaban J connectivity index is 1.32. The lowest BCUT2D eigenvalue weighted by molar-refractivity contribution is 0.0727. The minimum Gasteiger partial charge on any atom is -0.445 e. The molecule has 4 heterocycles. The molecule has 0 aliphatic carbocycles. The van der Waals surface area contributed by atoms with Gasteiger partial charge in [0.15, 0.2) is 5.89 Å². The molecule has 0 bridgehead atoms. The van der Waals surface area contributed by atoms with Crippen molar-refractivity contribution in [2.45, 2.75) is 25.8 Å². The first-order valence-corrected chi connectivity index (χ1v) is 9.87. The Morgan fingerprint density at radius 3 is 2.87 bits per heavy atom. The van der Waals surface area contributed by atoms with Crippen LogP contribution in [0.25, 0.3) is 5.69 Å². The van der Waals surface area contributed by atoms with Crippen molar-refractivity contribution in [3.8, 4) is 5.69 Å². The fraction of sp³-hybridized carbons (Fsp3) is 0.227. The van der Waals surface area contributed by atoms with E-state index >= 15 is 0 Å². The summed E-state index contributed by atoms with van der Waals surface area (Å²) in [6.07, 6.45) is 8.86. The molecule has 1 amide bonds. The summed E-state index contributed by atoms with van der Waals surface area (Å²) in [5.74, 6) is 1.54. The molecule has 0 saturated carbocycles. The van der Waals surface area contributed by atoms with E-state index in [-0.39, 0.29) is 5.91 Å². The topological polar surface area (TPSA) is 89.9 Å². The molecule has 0 saturated heterocycles. The molecule has 3 aromatic heterocycles. The Kier molecular flexibility index (Phi) is 4.80. The molecule has 0 atom stereocenters. The first-order chi connectivity index (χ1) is 14.8. The highest BCUT2D eigenvalue weighted by atomic mass is 16.4. The van der Waals surface area contributed by atoms with Crippen LogP contribution < -0.4 is 0 Å². The van der Waals surface area contributed by atoms with E-state index in [9.17, 15) is 4.79 Å². The summed E-state index contributed by atoms with van der Waals surface area (Å²) in [5.41, 5.74) is 3.29. The van der Waals surface area contributed by atoms with Crippen LogP contribution in [-0.2, 0) is 25.8 Å². The molecule has 150 valence electrons.